The first-order valence-electron chi connectivity index (χ1n) is 8.30. The van der Waals surface area contributed by atoms with Crippen LogP contribution in [0, 0.1) is 5.92 Å². The Kier molecular flexibility index (Phi) is 5.12. The van der Waals surface area contributed by atoms with E-state index in [0.717, 1.165) is 45.3 Å². The van der Waals surface area contributed by atoms with E-state index in [9.17, 15) is 4.79 Å². The van der Waals surface area contributed by atoms with E-state index < -0.39 is 0 Å². The van der Waals surface area contributed by atoms with Gasteiger partial charge < -0.3 is 14.4 Å². The molecule has 0 aromatic rings. The fourth-order valence-corrected chi connectivity index (χ4v) is 4.96. The van der Waals surface area contributed by atoms with Crippen LogP contribution < -0.4 is 0 Å². The van der Waals surface area contributed by atoms with Crippen LogP contribution in [0.5, 0.6) is 0 Å². The maximum Gasteiger partial charge on any atom is 0.222 e. The second kappa shape index (κ2) is 6.88. The molecule has 2 heterocycles. The fraction of sp³-hybridized carbons (Fsp3) is 0.938. The molecule has 3 rings (SSSR count). The minimum Gasteiger partial charge on any atom is -0.348 e. The van der Waals surface area contributed by atoms with Gasteiger partial charge in [0.05, 0.1) is 13.2 Å². The van der Waals surface area contributed by atoms with Crippen LogP contribution in [0.25, 0.3) is 0 Å². The number of rotatable bonds is 3. The smallest absolute Gasteiger partial charge is 0.222 e. The van der Waals surface area contributed by atoms with Gasteiger partial charge in [0, 0.05) is 32.4 Å². The van der Waals surface area contributed by atoms with E-state index in [1.807, 2.05) is 23.7 Å². The van der Waals surface area contributed by atoms with E-state index in [2.05, 4.69) is 0 Å². The fourth-order valence-electron chi connectivity index (χ4n) is 3.76. The molecule has 5 heteroatoms. The van der Waals surface area contributed by atoms with Gasteiger partial charge in [0.2, 0.25) is 5.91 Å². The zero-order valence-electron chi connectivity index (χ0n) is 13.0. The molecule has 1 aliphatic carbocycles. The third-order valence-corrected chi connectivity index (χ3v) is 6.32. The van der Waals surface area contributed by atoms with Crippen molar-refractivity contribution in [1.82, 2.24) is 4.90 Å². The monoisotopic (exact) mass is 313 g/mol. The highest BCUT2D eigenvalue weighted by Gasteiger charge is 2.41. The van der Waals surface area contributed by atoms with Crippen molar-refractivity contribution in [3.63, 3.8) is 0 Å². The highest BCUT2D eigenvalue weighted by atomic mass is 32.2. The number of hydrogen-bond donors (Lipinski definition) is 0. The Balaban J connectivity index is 1.46. The molecule has 0 aromatic heterocycles. The largest absolute Gasteiger partial charge is 0.348 e. The predicted molar refractivity (Wildman–Crippen MR) is 84.3 cm³/mol. The quantitative estimate of drug-likeness (QED) is 0.803. The zero-order valence-corrected chi connectivity index (χ0v) is 13.8. The molecule has 21 heavy (non-hydrogen) atoms. The zero-order chi connectivity index (χ0) is 14.7. The van der Waals surface area contributed by atoms with Crippen molar-refractivity contribution in [1.29, 1.82) is 0 Å². The molecule has 2 aliphatic heterocycles. The maximum absolute atomic E-state index is 12.5. The number of ether oxygens (including phenoxy) is 2. The molecular weight excluding hydrogens is 286 g/mol. The van der Waals surface area contributed by atoms with Crippen molar-refractivity contribution in [2.24, 2.45) is 5.92 Å². The lowest BCUT2D eigenvalue weighted by molar-refractivity contribution is -0.184. The molecule has 3 fully saturated rings. The molecule has 0 unspecified atom stereocenters. The summed E-state index contributed by atoms with van der Waals surface area (Å²) in [7, 11) is 1.99. The second-order valence-corrected chi connectivity index (χ2v) is 7.83. The standard InChI is InChI=1S/C16H27NO3S/c1-17(15(18)12-13-4-10-21-11-5-13)14-2-6-16(7-3-14)19-8-9-20-16/h13-14H,2-12H2,1H3. The molecule has 1 saturated carbocycles. The summed E-state index contributed by atoms with van der Waals surface area (Å²) in [6.45, 7) is 1.44. The molecular formula is C16H27NO3S. The normalized spacial score (nSPS) is 27.1. The number of amides is 1. The molecule has 0 atom stereocenters. The molecule has 1 amide bonds. The summed E-state index contributed by atoms with van der Waals surface area (Å²) in [6, 6.07) is 0.369. The second-order valence-electron chi connectivity index (χ2n) is 6.60. The Bertz CT molecular complexity index is 355. The van der Waals surface area contributed by atoms with Crippen LogP contribution in [0.4, 0.5) is 0 Å². The van der Waals surface area contributed by atoms with Gasteiger partial charge in [-0.25, -0.2) is 0 Å². The third kappa shape index (κ3) is 3.74. The average molecular weight is 313 g/mol. The maximum atomic E-state index is 12.5. The van der Waals surface area contributed by atoms with E-state index in [-0.39, 0.29) is 5.79 Å². The van der Waals surface area contributed by atoms with Gasteiger partial charge in [0.1, 0.15) is 0 Å². The summed E-state index contributed by atoms with van der Waals surface area (Å²) in [5.74, 6) is 3.07. The van der Waals surface area contributed by atoms with Crippen LogP contribution >= 0.6 is 11.8 Å². The Hall–Kier alpha value is -0.260. The van der Waals surface area contributed by atoms with Crippen molar-refractivity contribution in [3.05, 3.63) is 0 Å². The van der Waals surface area contributed by atoms with Crippen LogP contribution in [-0.4, -0.2) is 54.4 Å². The van der Waals surface area contributed by atoms with Gasteiger partial charge in [-0.3, -0.25) is 4.79 Å². The highest BCUT2D eigenvalue weighted by molar-refractivity contribution is 7.99. The van der Waals surface area contributed by atoms with Gasteiger partial charge in [-0.05, 0) is 43.1 Å². The first kappa shape index (κ1) is 15.6. The van der Waals surface area contributed by atoms with Crippen molar-refractivity contribution in [2.45, 2.75) is 56.8 Å². The van der Waals surface area contributed by atoms with Crippen LogP contribution in [0.3, 0.4) is 0 Å². The lowest BCUT2D eigenvalue weighted by Gasteiger charge is -2.39. The van der Waals surface area contributed by atoms with E-state index >= 15 is 0 Å². The van der Waals surface area contributed by atoms with E-state index in [1.54, 1.807) is 0 Å². The molecule has 0 bridgehead atoms. The summed E-state index contributed by atoms with van der Waals surface area (Å²) in [5, 5.41) is 0. The van der Waals surface area contributed by atoms with Gasteiger partial charge in [-0.2, -0.15) is 11.8 Å². The average Bonchev–Trinajstić information content (AvgIpc) is 2.96. The van der Waals surface area contributed by atoms with Gasteiger partial charge in [0.25, 0.3) is 0 Å². The van der Waals surface area contributed by atoms with Gasteiger partial charge in [-0.15, -0.1) is 0 Å². The van der Waals surface area contributed by atoms with Crippen LogP contribution in [0.15, 0.2) is 0 Å². The Labute approximate surface area is 131 Å². The molecule has 2 saturated heterocycles. The van der Waals surface area contributed by atoms with Crippen LogP contribution in [-0.2, 0) is 14.3 Å². The van der Waals surface area contributed by atoms with Crippen molar-refractivity contribution >= 4 is 17.7 Å². The number of nitrogens with zero attached hydrogens (tertiary/aromatic N) is 1. The first-order chi connectivity index (χ1) is 10.2. The van der Waals surface area contributed by atoms with Gasteiger partial charge in [-0.1, -0.05) is 0 Å². The van der Waals surface area contributed by atoms with Crippen LogP contribution in [0.2, 0.25) is 0 Å². The Morgan fingerprint density at radius 3 is 2.38 bits per heavy atom. The number of carbonyl (C=O) groups excluding carboxylic acids is 1. The third-order valence-electron chi connectivity index (χ3n) is 5.28. The number of carbonyl (C=O) groups is 1. The van der Waals surface area contributed by atoms with Crippen molar-refractivity contribution in [2.75, 3.05) is 31.8 Å². The molecule has 4 nitrogen and oxygen atoms in total. The summed E-state index contributed by atoms with van der Waals surface area (Å²) < 4.78 is 11.5. The lowest BCUT2D eigenvalue weighted by Crippen LogP contribution is -2.45. The highest BCUT2D eigenvalue weighted by Crippen LogP contribution is 2.37. The summed E-state index contributed by atoms with van der Waals surface area (Å²) in [4.78, 5) is 14.5. The summed E-state index contributed by atoms with van der Waals surface area (Å²) in [5.41, 5.74) is 0. The predicted octanol–water partition coefficient (Wildman–Crippen LogP) is 2.66. The molecule has 0 N–H and O–H groups in total. The van der Waals surface area contributed by atoms with E-state index in [0.29, 0.717) is 17.9 Å². The van der Waals surface area contributed by atoms with Crippen LogP contribution in [0.1, 0.15) is 44.9 Å². The van der Waals surface area contributed by atoms with Gasteiger partial charge in [0.15, 0.2) is 5.79 Å². The van der Waals surface area contributed by atoms with E-state index in [4.69, 9.17) is 9.47 Å². The molecule has 0 radical (unpaired) electrons. The molecule has 120 valence electrons. The minimum atomic E-state index is -0.318. The van der Waals surface area contributed by atoms with Gasteiger partial charge >= 0.3 is 0 Å². The lowest BCUT2D eigenvalue weighted by atomic mass is 9.88. The molecule has 3 aliphatic rings. The summed E-state index contributed by atoms with van der Waals surface area (Å²) >= 11 is 2.02. The Morgan fingerprint density at radius 2 is 1.76 bits per heavy atom. The number of thioether (sulfide) groups is 1. The number of hydrogen-bond acceptors (Lipinski definition) is 4. The topological polar surface area (TPSA) is 38.8 Å². The molecule has 1 spiro atoms. The minimum absolute atomic E-state index is 0.318. The van der Waals surface area contributed by atoms with E-state index in [1.165, 1.54) is 24.3 Å². The van der Waals surface area contributed by atoms with Crippen molar-refractivity contribution < 1.29 is 14.3 Å². The SMILES string of the molecule is CN(C(=O)CC1CCSCC1)C1CCC2(CC1)OCCO2. The van der Waals surface area contributed by atoms with Crippen molar-refractivity contribution in [3.8, 4) is 0 Å². The molecule has 0 aromatic carbocycles. The first-order valence-corrected chi connectivity index (χ1v) is 9.45. The Morgan fingerprint density at radius 1 is 1.14 bits per heavy atom. The summed E-state index contributed by atoms with van der Waals surface area (Å²) in [6.07, 6.45) is 7.02.